The average molecular weight is 345 g/mol. The van der Waals surface area contributed by atoms with Gasteiger partial charge in [-0.15, -0.1) is 11.3 Å². The van der Waals surface area contributed by atoms with Gasteiger partial charge in [0.25, 0.3) is 0 Å². The molecule has 6 heteroatoms. The highest BCUT2D eigenvalue weighted by atomic mass is 32.1. The van der Waals surface area contributed by atoms with Crippen LogP contribution in [0.4, 0.5) is 0 Å². The lowest BCUT2D eigenvalue weighted by Gasteiger charge is -2.32. The average Bonchev–Trinajstić information content (AvgIpc) is 3.02. The molecule has 0 radical (unpaired) electrons. The molecule has 1 fully saturated rings. The molecule has 1 atom stereocenters. The van der Waals surface area contributed by atoms with E-state index in [9.17, 15) is 4.79 Å². The van der Waals surface area contributed by atoms with E-state index in [4.69, 9.17) is 10.5 Å². The number of nitrogens with two attached hydrogens (primary N) is 1. The number of thiazole rings is 1. The van der Waals surface area contributed by atoms with Crippen LogP contribution in [0, 0.1) is 6.92 Å². The summed E-state index contributed by atoms with van der Waals surface area (Å²) in [5, 5.41) is 2.98. The molecule has 1 aromatic carbocycles. The van der Waals surface area contributed by atoms with Gasteiger partial charge >= 0.3 is 0 Å². The van der Waals surface area contributed by atoms with Crippen LogP contribution in [0.1, 0.15) is 35.5 Å². The largest absolute Gasteiger partial charge is 0.486 e. The van der Waals surface area contributed by atoms with Gasteiger partial charge in [-0.05, 0) is 38.4 Å². The van der Waals surface area contributed by atoms with Crippen molar-refractivity contribution in [3.8, 4) is 5.75 Å². The summed E-state index contributed by atoms with van der Waals surface area (Å²) >= 11 is 1.59. The van der Waals surface area contributed by atoms with Crippen LogP contribution in [0.15, 0.2) is 29.6 Å². The summed E-state index contributed by atoms with van der Waals surface area (Å²) in [4.78, 5) is 18.4. The quantitative estimate of drug-likeness (QED) is 0.874. The fraction of sp³-hybridized carbons (Fsp3) is 0.444. The number of nitrogens with zero attached hydrogens (tertiary/aromatic N) is 2. The zero-order chi connectivity index (χ0) is 16.9. The molecule has 128 valence electrons. The third kappa shape index (κ3) is 4.33. The number of amides is 1. The van der Waals surface area contributed by atoms with E-state index in [1.54, 1.807) is 11.3 Å². The number of aromatic nitrogens is 1. The molecule has 1 saturated heterocycles. The molecule has 5 nitrogen and oxygen atoms in total. The molecule has 2 heterocycles. The predicted molar refractivity (Wildman–Crippen MR) is 94.9 cm³/mol. The van der Waals surface area contributed by atoms with Crippen molar-refractivity contribution < 1.29 is 9.53 Å². The Morgan fingerprint density at radius 3 is 2.92 bits per heavy atom. The minimum atomic E-state index is -0.229. The molecule has 0 bridgehead atoms. The maximum absolute atomic E-state index is 11.6. The fourth-order valence-electron chi connectivity index (χ4n) is 2.98. The lowest BCUT2D eigenvalue weighted by molar-refractivity contribution is -0.124. The van der Waals surface area contributed by atoms with E-state index >= 15 is 0 Å². The molecule has 3 rings (SSSR count). The van der Waals surface area contributed by atoms with Crippen LogP contribution in [0.25, 0.3) is 0 Å². The Balaban J connectivity index is 1.56. The zero-order valence-corrected chi connectivity index (χ0v) is 14.7. The van der Waals surface area contributed by atoms with E-state index in [0.717, 1.165) is 42.3 Å². The van der Waals surface area contributed by atoms with Gasteiger partial charge < -0.3 is 10.5 Å². The molecule has 0 spiro atoms. The Bertz CT molecular complexity index is 684. The molecule has 1 aliphatic heterocycles. The van der Waals surface area contributed by atoms with Crippen molar-refractivity contribution in [2.24, 2.45) is 5.73 Å². The third-order valence-corrected chi connectivity index (χ3v) is 5.16. The number of hydrogen-bond donors (Lipinski definition) is 1. The van der Waals surface area contributed by atoms with Gasteiger partial charge in [0.05, 0.1) is 11.7 Å². The molecule has 2 aromatic rings. The first-order valence-corrected chi connectivity index (χ1v) is 9.16. The first-order valence-electron chi connectivity index (χ1n) is 8.28. The van der Waals surface area contributed by atoms with Gasteiger partial charge in [-0.1, -0.05) is 24.1 Å². The SMILES string of the molecule is Cc1ccc(OCc2nc(CN3CCCC[C@H]3C(N)=O)cs2)cc1. The highest BCUT2D eigenvalue weighted by molar-refractivity contribution is 7.09. The van der Waals surface area contributed by atoms with Crippen molar-refractivity contribution in [1.82, 2.24) is 9.88 Å². The lowest BCUT2D eigenvalue weighted by atomic mass is 10.0. The second kappa shape index (κ2) is 7.77. The smallest absolute Gasteiger partial charge is 0.234 e. The Morgan fingerprint density at radius 1 is 1.38 bits per heavy atom. The van der Waals surface area contributed by atoms with Gasteiger partial charge in [0.2, 0.25) is 5.91 Å². The van der Waals surface area contributed by atoms with Crippen molar-refractivity contribution in [3.05, 3.63) is 45.9 Å². The van der Waals surface area contributed by atoms with E-state index in [2.05, 4.69) is 16.8 Å². The molecule has 0 aliphatic carbocycles. The summed E-state index contributed by atoms with van der Waals surface area (Å²) in [5.41, 5.74) is 7.72. The van der Waals surface area contributed by atoms with Crippen molar-refractivity contribution in [2.45, 2.75) is 45.4 Å². The summed E-state index contributed by atoms with van der Waals surface area (Å²) in [6, 6.07) is 7.84. The second-order valence-electron chi connectivity index (χ2n) is 6.22. The Hall–Kier alpha value is -1.92. The van der Waals surface area contributed by atoms with Crippen LogP contribution in [0.5, 0.6) is 5.75 Å². The monoisotopic (exact) mass is 345 g/mol. The normalized spacial score (nSPS) is 18.5. The van der Waals surface area contributed by atoms with E-state index in [1.165, 1.54) is 5.56 Å². The number of benzene rings is 1. The number of likely N-dealkylation sites (tertiary alicyclic amines) is 1. The van der Waals surface area contributed by atoms with Crippen LogP contribution in [-0.4, -0.2) is 28.4 Å². The highest BCUT2D eigenvalue weighted by Gasteiger charge is 2.27. The number of carbonyl (C=O) groups excluding carboxylic acids is 1. The Morgan fingerprint density at radius 2 is 2.17 bits per heavy atom. The van der Waals surface area contributed by atoms with Crippen LogP contribution in [0.2, 0.25) is 0 Å². The minimum Gasteiger partial charge on any atom is -0.486 e. The fourth-order valence-corrected chi connectivity index (χ4v) is 3.67. The van der Waals surface area contributed by atoms with E-state index in [-0.39, 0.29) is 11.9 Å². The molecule has 1 aromatic heterocycles. The van der Waals surface area contributed by atoms with Gasteiger partial charge in [-0.3, -0.25) is 9.69 Å². The maximum atomic E-state index is 11.6. The van der Waals surface area contributed by atoms with Crippen molar-refractivity contribution in [2.75, 3.05) is 6.54 Å². The number of ether oxygens (including phenoxy) is 1. The van der Waals surface area contributed by atoms with Gasteiger partial charge in [0.15, 0.2) is 0 Å². The van der Waals surface area contributed by atoms with Crippen molar-refractivity contribution in [3.63, 3.8) is 0 Å². The van der Waals surface area contributed by atoms with E-state index < -0.39 is 0 Å². The zero-order valence-electron chi connectivity index (χ0n) is 13.9. The molecule has 0 unspecified atom stereocenters. The van der Waals surface area contributed by atoms with Gasteiger partial charge in [-0.25, -0.2) is 4.98 Å². The second-order valence-corrected chi connectivity index (χ2v) is 7.16. The summed E-state index contributed by atoms with van der Waals surface area (Å²) < 4.78 is 5.77. The number of piperidine rings is 1. The third-order valence-electron chi connectivity index (χ3n) is 4.29. The molecule has 24 heavy (non-hydrogen) atoms. The Kier molecular flexibility index (Phi) is 5.48. The standard InChI is InChI=1S/C18H23N3O2S/c1-13-5-7-15(8-6-13)23-11-17-20-14(12-24-17)10-21-9-3-2-4-16(21)18(19)22/h5-8,12,16H,2-4,9-11H2,1H3,(H2,19,22)/t16-/m0/s1. The van der Waals surface area contributed by atoms with Crippen molar-refractivity contribution >= 4 is 17.2 Å². The molecule has 2 N–H and O–H groups in total. The Labute approximate surface area is 146 Å². The first-order chi connectivity index (χ1) is 11.6. The summed E-state index contributed by atoms with van der Waals surface area (Å²) in [6.07, 6.45) is 3.02. The molecule has 1 aliphatic rings. The van der Waals surface area contributed by atoms with Crippen molar-refractivity contribution in [1.29, 1.82) is 0 Å². The molecular weight excluding hydrogens is 322 g/mol. The van der Waals surface area contributed by atoms with E-state index in [1.807, 2.05) is 29.6 Å². The van der Waals surface area contributed by atoms with E-state index in [0.29, 0.717) is 13.2 Å². The topological polar surface area (TPSA) is 68.4 Å². The van der Waals surface area contributed by atoms with Crippen LogP contribution < -0.4 is 10.5 Å². The van der Waals surface area contributed by atoms with Crippen LogP contribution in [-0.2, 0) is 17.9 Å². The molecule has 0 saturated carbocycles. The first kappa shape index (κ1) is 16.9. The number of rotatable bonds is 6. The summed E-state index contributed by atoms with van der Waals surface area (Å²) in [5.74, 6) is 0.620. The minimum absolute atomic E-state index is 0.160. The summed E-state index contributed by atoms with van der Waals surface area (Å²) in [7, 11) is 0. The highest BCUT2D eigenvalue weighted by Crippen LogP contribution is 2.21. The maximum Gasteiger partial charge on any atom is 0.234 e. The van der Waals surface area contributed by atoms with Gasteiger partial charge in [0, 0.05) is 11.9 Å². The van der Waals surface area contributed by atoms with Gasteiger partial charge in [-0.2, -0.15) is 0 Å². The molecule has 1 amide bonds. The molecular formula is C18H23N3O2S. The lowest BCUT2D eigenvalue weighted by Crippen LogP contribution is -2.47. The number of carbonyl (C=O) groups is 1. The van der Waals surface area contributed by atoms with Crippen LogP contribution in [0.3, 0.4) is 0 Å². The number of primary amides is 1. The van der Waals surface area contributed by atoms with Gasteiger partial charge in [0.1, 0.15) is 17.4 Å². The summed E-state index contributed by atoms with van der Waals surface area (Å²) in [6.45, 7) is 4.10. The number of hydrogen-bond acceptors (Lipinski definition) is 5. The predicted octanol–water partition coefficient (Wildman–Crippen LogP) is 2.87. The number of aryl methyl sites for hydroxylation is 1. The van der Waals surface area contributed by atoms with Crippen LogP contribution >= 0.6 is 11.3 Å².